The lowest BCUT2D eigenvalue weighted by Crippen LogP contribution is -2.00. The van der Waals surface area contributed by atoms with Crippen LogP contribution in [0, 0.1) is 10.1 Å². The number of rotatable bonds is 2. The van der Waals surface area contributed by atoms with Gasteiger partial charge in [-0.05, 0) is 11.5 Å². The summed E-state index contributed by atoms with van der Waals surface area (Å²) < 4.78 is 0. The third kappa shape index (κ3) is 1.56. The van der Waals surface area contributed by atoms with E-state index >= 15 is 0 Å². The van der Waals surface area contributed by atoms with Crippen LogP contribution in [0.15, 0.2) is 30.5 Å². The number of carbonyl (C=O) groups is 1. The van der Waals surface area contributed by atoms with Crippen LogP contribution in [0.1, 0.15) is 10.5 Å². The average Bonchev–Trinajstić information content (AvgIpc) is 2.27. The highest BCUT2D eigenvalue weighted by molar-refractivity contribution is 5.95. The molecule has 0 saturated heterocycles. The Hall–Kier alpha value is -2.50. The van der Waals surface area contributed by atoms with E-state index in [0.717, 1.165) is 0 Å². The van der Waals surface area contributed by atoms with Crippen LogP contribution < -0.4 is 0 Å². The first-order valence-corrected chi connectivity index (χ1v) is 4.36. The van der Waals surface area contributed by atoms with Crippen molar-refractivity contribution in [3.05, 3.63) is 46.3 Å². The first-order chi connectivity index (χ1) is 7.59. The minimum Gasteiger partial charge on any atom is -0.477 e. The van der Waals surface area contributed by atoms with E-state index in [1.165, 1.54) is 24.4 Å². The lowest BCUT2D eigenvalue weighted by molar-refractivity contribution is -0.383. The summed E-state index contributed by atoms with van der Waals surface area (Å²) in [4.78, 5) is 24.5. The van der Waals surface area contributed by atoms with Crippen molar-refractivity contribution in [2.45, 2.75) is 0 Å². The number of aromatic carboxylic acids is 1. The number of benzene rings is 1. The Balaban J connectivity index is 2.73. The summed E-state index contributed by atoms with van der Waals surface area (Å²) in [6, 6.07) is 5.78. The Morgan fingerprint density at radius 3 is 2.81 bits per heavy atom. The third-order valence-electron chi connectivity index (χ3n) is 2.16. The van der Waals surface area contributed by atoms with Crippen molar-refractivity contribution in [3.63, 3.8) is 0 Å². The Morgan fingerprint density at radius 2 is 2.19 bits per heavy atom. The number of carboxylic acid groups (broad SMARTS) is 1. The molecule has 6 nitrogen and oxygen atoms in total. The summed E-state index contributed by atoms with van der Waals surface area (Å²) >= 11 is 0. The number of nitro benzene ring substituents is 1. The van der Waals surface area contributed by atoms with Crippen LogP contribution in [0.2, 0.25) is 0 Å². The van der Waals surface area contributed by atoms with Crippen LogP contribution in [0.3, 0.4) is 0 Å². The molecule has 0 fully saturated rings. The molecular weight excluding hydrogens is 212 g/mol. The second-order valence-corrected chi connectivity index (χ2v) is 3.13. The normalized spacial score (nSPS) is 10.2. The summed E-state index contributed by atoms with van der Waals surface area (Å²) in [5, 5.41) is 20.2. The number of fused-ring (bicyclic) bond motifs is 1. The largest absolute Gasteiger partial charge is 0.477 e. The van der Waals surface area contributed by atoms with Gasteiger partial charge in [0.2, 0.25) is 0 Å². The van der Waals surface area contributed by atoms with Crippen molar-refractivity contribution in [1.82, 2.24) is 4.98 Å². The summed E-state index contributed by atoms with van der Waals surface area (Å²) in [6.45, 7) is 0. The highest BCUT2D eigenvalue weighted by Crippen LogP contribution is 2.24. The van der Waals surface area contributed by atoms with Gasteiger partial charge < -0.3 is 5.11 Å². The molecule has 16 heavy (non-hydrogen) atoms. The lowest BCUT2D eigenvalue weighted by atomic mass is 10.1. The number of hydrogen-bond acceptors (Lipinski definition) is 4. The first kappa shape index (κ1) is 10.0. The highest BCUT2D eigenvalue weighted by atomic mass is 16.6. The molecule has 80 valence electrons. The van der Waals surface area contributed by atoms with Crippen molar-refractivity contribution in [3.8, 4) is 0 Å². The van der Waals surface area contributed by atoms with Crippen molar-refractivity contribution in [2.24, 2.45) is 0 Å². The fourth-order valence-electron chi connectivity index (χ4n) is 1.43. The molecule has 0 saturated carbocycles. The van der Waals surface area contributed by atoms with Gasteiger partial charge in [-0.3, -0.25) is 10.1 Å². The molecule has 0 amide bonds. The van der Waals surface area contributed by atoms with Gasteiger partial charge in [0.15, 0.2) is 0 Å². The van der Waals surface area contributed by atoms with Gasteiger partial charge in [0.1, 0.15) is 5.69 Å². The van der Waals surface area contributed by atoms with Crippen LogP contribution in [0.4, 0.5) is 5.69 Å². The molecule has 6 heteroatoms. The molecular formula is C10H6N2O4. The van der Waals surface area contributed by atoms with Gasteiger partial charge in [-0.1, -0.05) is 12.1 Å². The number of non-ortho nitro benzene ring substituents is 1. The molecule has 1 N–H and O–H groups in total. The number of hydrogen-bond donors (Lipinski definition) is 1. The molecule has 1 heterocycles. The predicted octanol–water partition coefficient (Wildman–Crippen LogP) is 1.84. The molecule has 2 aromatic rings. The number of nitro groups is 1. The maximum atomic E-state index is 10.7. The molecule has 1 aromatic heterocycles. The number of nitrogens with zero attached hydrogens (tertiary/aromatic N) is 2. The third-order valence-corrected chi connectivity index (χ3v) is 2.16. The predicted molar refractivity (Wildman–Crippen MR) is 55.4 cm³/mol. The highest BCUT2D eigenvalue weighted by Gasteiger charge is 2.13. The molecule has 0 radical (unpaired) electrons. The van der Waals surface area contributed by atoms with Crippen molar-refractivity contribution in [1.29, 1.82) is 0 Å². The Labute approximate surface area is 89.3 Å². The SMILES string of the molecule is O=C(O)c1cc2cccc([N+](=O)[O-])c2cn1. The fraction of sp³-hybridized carbons (Fsp3) is 0. The van der Waals surface area contributed by atoms with E-state index in [4.69, 9.17) is 5.11 Å². The van der Waals surface area contributed by atoms with Gasteiger partial charge in [0.25, 0.3) is 5.69 Å². The molecule has 0 bridgehead atoms. The van der Waals surface area contributed by atoms with Crippen molar-refractivity contribution >= 4 is 22.4 Å². The molecule has 1 aromatic carbocycles. The van der Waals surface area contributed by atoms with E-state index in [1.54, 1.807) is 6.07 Å². The molecule has 2 rings (SSSR count). The average molecular weight is 218 g/mol. The molecule has 0 atom stereocenters. The monoisotopic (exact) mass is 218 g/mol. The summed E-state index contributed by atoms with van der Waals surface area (Å²) in [7, 11) is 0. The van der Waals surface area contributed by atoms with E-state index in [2.05, 4.69) is 4.98 Å². The van der Waals surface area contributed by atoms with Crippen LogP contribution in [-0.4, -0.2) is 21.0 Å². The van der Waals surface area contributed by atoms with Gasteiger partial charge in [-0.15, -0.1) is 0 Å². The molecule has 0 spiro atoms. The van der Waals surface area contributed by atoms with Crippen LogP contribution in [0.25, 0.3) is 10.8 Å². The first-order valence-electron chi connectivity index (χ1n) is 4.36. The molecule has 0 aliphatic carbocycles. The number of pyridine rings is 1. The maximum absolute atomic E-state index is 10.7. The summed E-state index contributed by atoms with van der Waals surface area (Å²) in [5.74, 6) is -1.16. The quantitative estimate of drug-likeness (QED) is 0.613. The van der Waals surface area contributed by atoms with Crippen LogP contribution in [0.5, 0.6) is 0 Å². The van der Waals surface area contributed by atoms with Gasteiger partial charge in [-0.2, -0.15) is 0 Å². The van der Waals surface area contributed by atoms with Crippen LogP contribution >= 0.6 is 0 Å². The summed E-state index contributed by atoms with van der Waals surface area (Å²) in [5.41, 5.74) is -0.213. The lowest BCUT2D eigenvalue weighted by Gasteiger charge is -1.99. The zero-order valence-electron chi connectivity index (χ0n) is 7.95. The minimum absolute atomic E-state index is 0.0815. The zero-order valence-corrected chi connectivity index (χ0v) is 7.95. The zero-order chi connectivity index (χ0) is 11.7. The van der Waals surface area contributed by atoms with E-state index in [0.29, 0.717) is 10.8 Å². The summed E-state index contributed by atoms with van der Waals surface area (Å²) in [6.07, 6.45) is 1.21. The molecule has 0 aliphatic rings. The Morgan fingerprint density at radius 1 is 1.44 bits per heavy atom. The van der Waals surface area contributed by atoms with Crippen molar-refractivity contribution < 1.29 is 14.8 Å². The standard InChI is InChI=1S/C10H6N2O4/c13-10(14)8-4-6-2-1-3-9(12(15)16)7(6)5-11-8/h1-5H,(H,13,14). The smallest absolute Gasteiger partial charge is 0.354 e. The van der Waals surface area contributed by atoms with Gasteiger partial charge >= 0.3 is 5.97 Å². The minimum atomic E-state index is -1.16. The van der Waals surface area contributed by atoms with Crippen molar-refractivity contribution in [2.75, 3.05) is 0 Å². The Bertz CT molecular complexity index is 594. The maximum Gasteiger partial charge on any atom is 0.354 e. The van der Waals surface area contributed by atoms with Crippen LogP contribution in [-0.2, 0) is 0 Å². The Kier molecular flexibility index (Phi) is 2.24. The molecule has 0 aliphatic heterocycles. The van der Waals surface area contributed by atoms with E-state index in [1.807, 2.05) is 0 Å². The second kappa shape index (κ2) is 3.58. The van der Waals surface area contributed by atoms with E-state index < -0.39 is 10.9 Å². The van der Waals surface area contributed by atoms with Gasteiger partial charge in [0.05, 0.1) is 10.3 Å². The topological polar surface area (TPSA) is 93.3 Å². The van der Waals surface area contributed by atoms with Gasteiger partial charge in [0, 0.05) is 12.3 Å². The van der Waals surface area contributed by atoms with Gasteiger partial charge in [-0.25, -0.2) is 9.78 Å². The van der Waals surface area contributed by atoms with E-state index in [9.17, 15) is 14.9 Å². The second-order valence-electron chi connectivity index (χ2n) is 3.13. The number of carboxylic acids is 1. The molecule has 0 unspecified atom stereocenters. The van der Waals surface area contributed by atoms with E-state index in [-0.39, 0.29) is 11.4 Å². The number of aromatic nitrogens is 1. The fourth-order valence-corrected chi connectivity index (χ4v) is 1.43.